The molecule has 4 rings (SSSR count). The number of aliphatic hydroxyl groups is 2. The van der Waals surface area contributed by atoms with Gasteiger partial charge in [-0.25, -0.2) is 0 Å². The lowest BCUT2D eigenvalue weighted by Crippen LogP contribution is -2.33. The van der Waals surface area contributed by atoms with Gasteiger partial charge in [0.2, 0.25) is 0 Å². The van der Waals surface area contributed by atoms with Gasteiger partial charge >= 0.3 is 12.1 Å². The Labute approximate surface area is 258 Å². The number of anilines is 1. The maximum atomic E-state index is 13.9. The third-order valence-electron chi connectivity index (χ3n) is 7.67. The Bertz CT molecular complexity index is 1520. The molecule has 3 N–H and O–H groups in total. The van der Waals surface area contributed by atoms with Crippen LogP contribution in [-0.4, -0.2) is 97.3 Å². The van der Waals surface area contributed by atoms with Crippen molar-refractivity contribution in [1.29, 1.82) is 0 Å². The van der Waals surface area contributed by atoms with Gasteiger partial charge in [-0.3, -0.25) is 14.4 Å². The van der Waals surface area contributed by atoms with Crippen LogP contribution in [0.15, 0.2) is 29.3 Å². The topological polar surface area (TPSA) is 141 Å². The number of β-amino-alcohol motifs (C(OH)–C–C–N with tert-alkyl or cyclic N) is 2. The van der Waals surface area contributed by atoms with Gasteiger partial charge in [0, 0.05) is 43.4 Å². The monoisotopic (exact) mass is 634 g/mol. The van der Waals surface area contributed by atoms with Crippen molar-refractivity contribution < 1.29 is 47.2 Å². The summed E-state index contributed by atoms with van der Waals surface area (Å²) in [7, 11) is 2.86. The molecule has 45 heavy (non-hydrogen) atoms. The van der Waals surface area contributed by atoms with Crippen LogP contribution in [0.2, 0.25) is 0 Å². The summed E-state index contributed by atoms with van der Waals surface area (Å²) in [5, 5.41) is 22.9. The Kier molecular flexibility index (Phi) is 9.50. The van der Waals surface area contributed by atoms with Crippen molar-refractivity contribution in [2.45, 2.75) is 58.0 Å². The third kappa shape index (κ3) is 6.91. The Morgan fingerprint density at radius 2 is 1.71 bits per heavy atom. The van der Waals surface area contributed by atoms with Crippen LogP contribution in [0.1, 0.15) is 65.1 Å². The quantitative estimate of drug-likeness (QED) is 0.374. The van der Waals surface area contributed by atoms with Crippen LogP contribution in [0.4, 0.5) is 18.9 Å². The molecular formula is C31H37F3N4O7. The Morgan fingerprint density at radius 3 is 2.24 bits per heavy atom. The molecule has 0 saturated carbocycles. The molecule has 244 valence electrons. The number of aliphatic hydroxyl groups excluding tert-OH is 2. The number of carbonyl (C=O) groups is 3. The number of fused-ring (bicyclic) bond motifs is 1. The molecule has 2 atom stereocenters. The Balaban J connectivity index is 1.80. The summed E-state index contributed by atoms with van der Waals surface area (Å²) in [6.07, 6.45) is -7.29. The molecule has 2 aliphatic heterocycles. The first-order valence-electron chi connectivity index (χ1n) is 14.3. The maximum Gasteiger partial charge on any atom is 0.473 e. The number of hydrogen-bond donors (Lipinski definition) is 3. The Morgan fingerprint density at radius 1 is 1.07 bits per heavy atom. The molecule has 0 bridgehead atoms. The molecule has 0 unspecified atom stereocenters. The molecular weight excluding hydrogens is 597 g/mol. The zero-order valence-electron chi connectivity index (χ0n) is 25.9. The molecule has 2 aliphatic rings. The van der Waals surface area contributed by atoms with E-state index in [4.69, 9.17) is 9.47 Å². The van der Waals surface area contributed by atoms with Gasteiger partial charge < -0.3 is 34.8 Å². The smallest absolute Gasteiger partial charge is 0.473 e. The number of Topliss-reactive ketones (excluding diaryl/α,β-unsaturated/α-hetero) is 1. The number of aliphatic imine (C=N–C) groups is 1. The second kappa shape index (κ2) is 12.7. The van der Waals surface area contributed by atoms with Gasteiger partial charge in [-0.15, -0.1) is 0 Å². The number of benzene rings is 2. The fourth-order valence-electron chi connectivity index (χ4n) is 5.43. The lowest BCUT2D eigenvalue weighted by Gasteiger charge is -2.29. The van der Waals surface area contributed by atoms with Crippen LogP contribution in [0.5, 0.6) is 11.5 Å². The molecule has 0 spiro atoms. The lowest BCUT2D eigenvalue weighted by molar-refractivity contribution is -0.169. The van der Waals surface area contributed by atoms with Crippen molar-refractivity contribution in [3.63, 3.8) is 0 Å². The molecule has 2 aromatic rings. The number of amides is 2. The highest BCUT2D eigenvalue weighted by molar-refractivity contribution is 6.12. The van der Waals surface area contributed by atoms with Gasteiger partial charge in [0.1, 0.15) is 17.3 Å². The fourth-order valence-corrected chi connectivity index (χ4v) is 5.43. The molecule has 0 radical (unpaired) electrons. The summed E-state index contributed by atoms with van der Waals surface area (Å²) in [4.78, 5) is 44.9. The van der Waals surface area contributed by atoms with E-state index in [-0.39, 0.29) is 48.7 Å². The van der Waals surface area contributed by atoms with Gasteiger partial charge in [-0.1, -0.05) is 20.8 Å². The molecule has 14 heteroatoms. The number of methoxy groups -OCH3 is 1. The van der Waals surface area contributed by atoms with Gasteiger partial charge in [-0.2, -0.15) is 18.2 Å². The predicted molar refractivity (Wildman–Crippen MR) is 159 cm³/mol. The van der Waals surface area contributed by atoms with E-state index in [2.05, 4.69) is 10.3 Å². The summed E-state index contributed by atoms with van der Waals surface area (Å²) in [5.41, 5.74) is 1.34. The molecule has 1 saturated heterocycles. The number of nitrogens with one attached hydrogen (secondary N) is 1. The number of amidine groups is 1. The largest absolute Gasteiger partial charge is 0.494 e. The van der Waals surface area contributed by atoms with E-state index in [0.717, 1.165) is 0 Å². The first-order valence-corrected chi connectivity index (χ1v) is 14.3. The van der Waals surface area contributed by atoms with Crippen molar-refractivity contribution in [1.82, 2.24) is 10.2 Å². The van der Waals surface area contributed by atoms with Gasteiger partial charge in [-0.05, 0) is 42.2 Å². The zero-order chi connectivity index (χ0) is 33.4. The average Bonchev–Trinajstić information content (AvgIpc) is 3.47. The number of ketones is 1. The van der Waals surface area contributed by atoms with E-state index < -0.39 is 53.8 Å². The summed E-state index contributed by atoms with van der Waals surface area (Å²) in [5.74, 6) is -3.17. The van der Waals surface area contributed by atoms with Crippen molar-refractivity contribution in [2.24, 2.45) is 4.99 Å². The van der Waals surface area contributed by atoms with Crippen molar-refractivity contribution in [3.05, 3.63) is 52.1 Å². The normalized spacial score (nSPS) is 19.1. The van der Waals surface area contributed by atoms with E-state index in [0.29, 0.717) is 22.6 Å². The maximum absolute atomic E-state index is 13.9. The minimum atomic E-state index is -5.27. The van der Waals surface area contributed by atoms with Crippen LogP contribution >= 0.6 is 0 Å². The van der Waals surface area contributed by atoms with E-state index in [1.54, 1.807) is 24.0 Å². The standard InChI is InChI=1S/C31H37F3N4O7/c1-7-45-25-10-17-12-38(27(36-29(43)31(32,33)34)18(17)11-19(25)28(42)35-5)13-22(39)16-8-20(30(2,3)4)26(44-6)21(9-16)37-14-23(40)24(41)15-37/h8-11,23-24,40-41H,7,12-15H2,1-6H3,(H,35,42)/t23-,24-/m1/s1. The predicted octanol–water partition coefficient (Wildman–Crippen LogP) is 2.83. The number of halogens is 3. The first kappa shape index (κ1) is 33.7. The SMILES string of the molecule is CCOc1cc2c(cc1C(=O)NC)C(=NC(=O)C(F)(F)F)N(CC(=O)c1cc(N3C[C@@H](O)[C@H](O)C3)c(OC)c(C(C)(C)C)c1)C2. The molecule has 2 heterocycles. The Hall–Kier alpha value is -4.17. The average molecular weight is 635 g/mol. The molecule has 2 amide bonds. The minimum absolute atomic E-state index is 0.0306. The van der Waals surface area contributed by atoms with E-state index >= 15 is 0 Å². The van der Waals surface area contributed by atoms with Gasteiger partial charge in [0.25, 0.3) is 5.91 Å². The number of hydrogen-bond acceptors (Lipinski definition) is 8. The first-order chi connectivity index (χ1) is 21.0. The molecule has 1 fully saturated rings. The second-order valence-electron chi connectivity index (χ2n) is 11.9. The molecule has 0 aliphatic carbocycles. The van der Waals surface area contributed by atoms with Crippen LogP contribution in [0, 0.1) is 0 Å². The second-order valence-corrected chi connectivity index (χ2v) is 11.9. The highest BCUT2D eigenvalue weighted by Crippen LogP contribution is 2.41. The summed E-state index contributed by atoms with van der Waals surface area (Å²) < 4.78 is 51.4. The summed E-state index contributed by atoms with van der Waals surface area (Å²) in [6.45, 7) is 7.30. The highest BCUT2D eigenvalue weighted by atomic mass is 19.4. The van der Waals surface area contributed by atoms with Crippen LogP contribution in [0.25, 0.3) is 0 Å². The van der Waals surface area contributed by atoms with Crippen LogP contribution in [-0.2, 0) is 16.8 Å². The van der Waals surface area contributed by atoms with E-state index in [9.17, 15) is 37.8 Å². The van der Waals surface area contributed by atoms with Gasteiger partial charge in [0.05, 0.1) is 43.7 Å². The lowest BCUT2D eigenvalue weighted by atomic mass is 9.84. The number of carbonyl (C=O) groups excluding carboxylic acids is 3. The van der Waals surface area contributed by atoms with E-state index in [1.807, 2.05) is 20.8 Å². The van der Waals surface area contributed by atoms with Gasteiger partial charge in [0.15, 0.2) is 5.78 Å². The molecule has 0 aromatic heterocycles. The van der Waals surface area contributed by atoms with E-state index in [1.165, 1.54) is 31.2 Å². The zero-order valence-corrected chi connectivity index (χ0v) is 25.9. The highest BCUT2D eigenvalue weighted by Gasteiger charge is 2.41. The molecule has 2 aromatic carbocycles. The third-order valence-corrected chi connectivity index (χ3v) is 7.67. The minimum Gasteiger partial charge on any atom is -0.494 e. The van der Waals surface area contributed by atoms with Crippen molar-refractivity contribution in [3.8, 4) is 11.5 Å². The summed E-state index contributed by atoms with van der Waals surface area (Å²) in [6, 6.07) is 6.00. The van der Waals surface area contributed by atoms with Crippen LogP contribution < -0.4 is 19.7 Å². The number of alkyl halides is 3. The van der Waals surface area contributed by atoms with Crippen LogP contribution in [0.3, 0.4) is 0 Å². The number of rotatable bonds is 8. The van der Waals surface area contributed by atoms with Crippen molar-refractivity contribution >= 4 is 29.1 Å². The van der Waals surface area contributed by atoms with Crippen molar-refractivity contribution in [2.75, 3.05) is 45.3 Å². The number of nitrogens with zero attached hydrogens (tertiary/aromatic N) is 3. The summed E-state index contributed by atoms with van der Waals surface area (Å²) >= 11 is 0. The fraction of sp³-hybridized carbons (Fsp3) is 0.484. The number of ether oxygens (including phenoxy) is 2. The molecule has 11 nitrogen and oxygen atoms in total.